The first-order chi connectivity index (χ1) is 19.6. The molecule has 12 heteroatoms. The second-order valence-corrected chi connectivity index (χ2v) is 13.3. The van der Waals surface area contributed by atoms with E-state index >= 15 is 0 Å². The number of ether oxygens (including phenoxy) is 2. The van der Waals surface area contributed by atoms with Crippen LogP contribution in [0.4, 0.5) is 5.69 Å². The van der Waals surface area contributed by atoms with Crippen molar-refractivity contribution in [2.75, 3.05) is 29.8 Å². The third kappa shape index (κ3) is 7.78. The molecule has 0 spiro atoms. The van der Waals surface area contributed by atoms with Crippen molar-refractivity contribution in [3.8, 4) is 11.5 Å². The summed E-state index contributed by atoms with van der Waals surface area (Å²) in [5.41, 5.74) is 0.867. The summed E-state index contributed by atoms with van der Waals surface area (Å²) in [7, 11) is -3.89. The Bertz CT molecular complexity index is 1350. The maximum absolute atomic E-state index is 14.1. The molecule has 2 aromatic carbocycles. The molecule has 1 fully saturated rings. The van der Waals surface area contributed by atoms with Crippen LogP contribution in [0, 0.1) is 0 Å². The fourth-order valence-electron chi connectivity index (χ4n) is 5.20. The van der Waals surface area contributed by atoms with E-state index in [4.69, 9.17) is 32.7 Å². The monoisotopic (exact) mass is 625 g/mol. The van der Waals surface area contributed by atoms with Crippen LogP contribution in [-0.2, 0) is 26.2 Å². The zero-order valence-electron chi connectivity index (χ0n) is 23.4. The van der Waals surface area contributed by atoms with Gasteiger partial charge < -0.3 is 19.7 Å². The third-order valence-corrected chi connectivity index (χ3v) is 9.81. The SMILES string of the molecule is CC[C@H](C(=O)NC1CCCCC1)N(Cc1ccc(Cl)cc1Cl)C(=O)CN(c1ccc2c(c1)OCCO2)S(=O)(=O)CC. The molecule has 41 heavy (non-hydrogen) atoms. The molecule has 0 bridgehead atoms. The molecule has 1 atom stereocenters. The van der Waals surface area contributed by atoms with Gasteiger partial charge in [-0.2, -0.15) is 0 Å². The highest BCUT2D eigenvalue weighted by Gasteiger charge is 2.34. The Morgan fingerprint density at radius 3 is 2.37 bits per heavy atom. The quantitative estimate of drug-likeness (QED) is 0.369. The molecule has 0 aromatic heterocycles. The minimum Gasteiger partial charge on any atom is -0.486 e. The third-order valence-electron chi connectivity index (χ3n) is 7.49. The van der Waals surface area contributed by atoms with Gasteiger partial charge in [-0.05, 0) is 56.0 Å². The Kier molecular flexibility index (Phi) is 10.7. The van der Waals surface area contributed by atoms with E-state index in [9.17, 15) is 18.0 Å². The molecule has 1 N–H and O–H groups in total. The van der Waals surface area contributed by atoms with Gasteiger partial charge in [-0.25, -0.2) is 8.42 Å². The topological polar surface area (TPSA) is 105 Å². The molecule has 2 amide bonds. The molecule has 1 saturated carbocycles. The van der Waals surface area contributed by atoms with E-state index in [1.165, 1.54) is 11.8 Å². The molecular weight excluding hydrogens is 589 g/mol. The molecular formula is C29H37Cl2N3O6S. The second kappa shape index (κ2) is 14.0. The van der Waals surface area contributed by atoms with Crippen molar-refractivity contribution in [3.05, 3.63) is 52.0 Å². The van der Waals surface area contributed by atoms with Crippen LogP contribution in [0.3, 0.4) is 0 Å². The van der Waals surface area contributed by atoms with E-state index in [0.717, 1.165) is 36.4 Å². The number of halogens is 2. The van der Waals surface area contributed by atoms with Crippen molar-refractivity contribution in [1.82, 2.24) is 10.2 Å². The van der Waals surface area contributed by atoms with Gasteiger partial charge >= 0.3 is 0 Å². The van der Waals surface area contributed by atoms with Crippen LogP contribution in [0.25, 0.3) is 0 Å². The average Bonchev–Trinajstić information content (AvgIpc) is 2.97. The fourth-order valence-corrected chi connectivity index (χ4v) is 6.73. The molecule has 0 radical (unpaired) electrons. The standard InChI is InChI=1S/C29H37Cl2N3O6S/c1-3-25(29(36)32-22-8-6-5-7-9-22)33(18-20-10-11-21(30)16-24(20)31)28(35)19-34(41(37,38)4-2)23-12-13-26-27(17-23)40-15-14-39-26/h10-13,16-17,22,25H,3-9,14-15,18-19H2,1-2H3,(H,32,36)/t25-/m1/s1. The second-order valence-electron chi connectivity index (χ2n) is 10.3. The zero-order chi connectivity index (χ0) is 29.6. The number of hydrogen-bond donors (Lipinski definition) is 1. The van der Waals surface area contributed by atoms with Crippen molar-refractivity contribution in [3.63, 3.8) is 0 Å². The fraction of sp³-hybridized carbons (Fsp3) is 0.517. The predicted molar refractivity (Wildman–Crippen MR) is 160 cm³/mol. The van der Waals surface area contributed by atoms with Crippen molar-refractivity contribution >= 4 is 50.7 Å². The first-order valence-electron chi connectivity index (χ1n) is 14.1. The largest absolute Gasteiger partial charge is 0.486 e. The van der Waals surface area contributed by atoms with Crippen molar-refractivity contribution in [2.45, 2.75) is 71.0 Å². The lowest BCUT2D eigenvalue weighted by Gasteiger charge is -2.34. The molecule has 1 aliphatic heterocycles. The predicted octanol–water partition coefficient (Wildman–Crippen LogP) is 5.18. The lowest BCUT2D eigenvalue weighted by molar-refractivity contribution is -0.140. The van der Waals surface area contributed by atoms with Crippen molar-refractivity contribution in [1.29, 1.82) is 0 Å². The van der Waals surface area contributed by atoms with E-state index in [2.05, 4.69) is 5.32 Å². The Balaban J connectivity index is 1.66. The number of sulfonamides is 1. The molecule has 1 heterocycles. The molecule has 9 nitrogen and oxygen atoms in total. The maximum Gasteiger partial charge on any atom is 0.244 e. The number of rotatable bonds is 11. The summed E-state index contributed by atoms with van der Waals surface area (Å²) in [5, 5.41) is 3.92. The maximum atomic E-state index is 14.1. The van der Waals surface area contributed by atoms with Crippen LogP contribution in [0.5, 0.6) is 11.5 Å². The Morgan fingerprint density at radius 1 is 1.00 bits per heavy atom. The smallest absolute Gasteiger partial charge is 0.244 e. The highest BCUT2D eigenvalue weighted by atomic mass is 35.5. The van der Waals surface area contributed by atoms with Crippen LogP contribution >= 0.6 is 23.2 Å². The number of nitrogens with one attached hydrogen (secondary N) is 1. The lowest BCUT2D eigenvalue weighted by Crippen LogP contribution is -2.54. The molecule has 2 aliphatic rings. The van der Waals surface area contributed by atoms with Crippen LogP contribution in [0.15, 0.2) is 36.4 Å². The number of carbonyl (C=O) groups excluding carboxylic acids is 2. The van der Waals surface area contributed by atoms with Crippen molar-refractivity contribution in [2.24, 2.45) is 0 Å². The number of amides is 2. The van der Waals surface area contributed by atoms with Gasteiger partial charge in [0, 0.05) is 28.7 Å². The van der Waals surface area contributed by atoms with Crippen LogP contribution < -0.4 is 19.1 Å². The highest BCUT2D eigenvalue weighted by Crippen LogP contribution is 2.35. The number of anilines is 1. The van der Waals surface area contributed by atoms with Gasteiger partial charge in [0.15, 0.2) is 11.5 Å². The van der Waals surface area contributed by atoms with Crippen LogP contribution in [-0.4, -0.2) is 62.7 Å². The van der Waals surface area contributed by atoms with Crippen LogP contribution in [0.2, 0.25) is 10.0 Å². The van der Waals surface area contributed by atoms with Gasteiger partial charge in [-0.15, -0.1) is 0 Å². The summed E-state index contributed by atoms with van der Waals surface area (Å²) >= 11 is 12.6. The minimum atomic E-state index is -3.89. The average molecular weight is 627 g/mol. The van der Waals surface area contributed by atoms with Crippen LogP contribution in [0.1, 0.15) is 57.9 Å². The summed E-state index contributed by atoms with van der Waals surface area (Å²) in [6, 6.07) is 8.94. The number of carbonyl (C=O) groups is 2. The summed E-state index contributed by atoms with van der Waals surface area (Å²) < 4.78 is 38.9. The molecule has 2 aromatic rings. The van der Waals surface area contributed by atoms with E-state index in [0.29, 0.717) is 46.7 Å². The Hall–Kier alpha value is -2.69. The van der Waals surface area contributed by atoms with Gasteiger partial charge in [-0.1, -0.05) is 55.5 Å². The highest BCUT2D eigenvalue weighted by molar-refractivity contribution is 7.92. The van der Waals surface area contributed by atoms with E-state index in [1.807, 2.05) is 6.92 Å². The number of fused-ring (bicyclic) bond motifs is 1. The zero-order valence-corrected chi connectivity index (χ0v) is 25.7. The number of benzene rings is 2. The first-order valence-corrected chi connectivity index (χ1v) is 16.4. The van der Waals surface area contributed by atoms with Gasteiger partial charge in [0.05, 0.1) is 11.4 Å². The van der Waals surface area contributed by atoms with Crippen molar-refractivity contribution < 1.29 is 27.5 Å². The van der Waals surface area contributed by atoms with Gasteiger partial charge in [-0.3, -0.25) is 13.9 Å². The van der Waals surface area contributed by atoms with Gasteiger partial charge in [0.25, 0.3) is 0 Å². The Labute approximate surface area is 252 Å². The summed E-state index contributed by atoms with van der Waals surface area (Å²) in [4.78, 5) is 29.1. The molecule has 0 saturated heterocycles. The minimum absolute atomic E-state index is 0.00653. The summed E-state index contributed by atoms with van der Waals surface area (Å²) in [6.45, 7) is 3.57. The molecule has 224 valence electrons. The molecule has 0 unspecified atom stereocenters. The molecule has 4 rings (SSSR count). The van der Waals surface area contributed by atoms with E-state index in [-0.39, 0.29) is 29.9 Å². The lowest BCUT2D eigenvalue weighted by atomic mass is 9.95. The molecule has 1 aliphatic carbocycles. The van der Waals surface area contributed by atoms with Gasteiger partial charge in [0.2, 0.25) is 21.8 Å². The van der Waals surface area contributed by atoms with E-state index in [1.54, 1.807) is 36.4 Å². The summed E-state index contributed by atoms with van der Waals surface area (Å²) in [5.74, 6) is -0.113. The summed E-state index contributed by atoms with van der Waals surface area (Å²) in [6.07, 6.45) is 5.36. The Morgan fingerprint density at radius 2 is 1.71 bits per heavy atom. The normalized spacial score (nSPS) is 16.1. The number of nitrogens with zero attached hydrogens (tertiary/aromatic N) is 2. The first kappa shape index (κ1) is 31.3. The number of hydrogen-bond acceptors (Lipinski definition) is 6. The van der Waals surface area contributed by atoms with E-state index < -0.39 is 28.5 Å². The van der Waals surface area contributed by atoms with Gasteiger partial charge in [0.1, 0.15) is 25.8 Å².